The van der Waals surface area contributed by atoms with Gasteiger partial charge in [0.05, 0.1) is 10.9 Å². The minimum absolute atomic E-state index is 0.0254. The first-order valence-corrected chi connectivity index (χ1v) is 14.9. The highest BCUT2D eigenvalue weighted by molar-refractivity contribution is 6.36. The van der Waals surface area contributed by atoms with E-state index in [2.05, 4.69) is 38.6 Å². The maximum Gasteiger partial charge on any atom is 0.319 e. The van der Waals surface area contributed by atoms with Crippen LogP contribution in [0.15, 0.2) is 55.3 Å². The highest BCUT2D eigenvalue weighted by atomic mass is 35.5. The smallest absolute Gasteiger partial charge is 0.319 e. The van der Waals surface area contributed by atoms with Crippen LogP contribution in [0.3, 0.4) is 0 Å². The lowest BCUT2D eigenvalue weighted by Gasteiger charge is -2.37. The van der Waals surface area contributed by atoms with Crippen LogP contribution in [0, 0.1) is 5.82 Å². The Hall–Kier alpha value is -3.33. The number of nitrogens with one attached hydrogen (secondary N) is 1. The molecule has 41 heavy (non-hydrogen) atoms. The van der Waals surface area contributed by atoms with Gasteiger partial charge in [-0.2, -0.15) is 9.97 Å². The molecule has 3 fully saturated rings. The highest BCUT2D eigenvalue weighted by Gasteiger charge is 2.45. The van der Waals surface area contributed by atoms with E-state index in [0.717, 1.165) is 36.7 Å². The summed E-state index contributed by atoms with van der Waals surface area (Å²) in [6.07, 6.45) is 8.14. The van der Waals surface area contributed by atoms with Crippen molar-refractivity contribution in [3.05, 3.63) is 66.1 Å². The second kappa shape index (κ2) is 10.5. The van der Waals surface area contributed by atoms with Crippen molar-refractivity contribution in [3.63, 3.8) is 0 Å². The predicted octanol–water partition coefficient (Wildman–Crippen LogP) is 6.00. The standard InChI is InChI=1S/C32H34ClFN6O/c1-3-22-18-39(17-20(2)36-22)30-24-16-35-28(23-10-4-8-21-9-5-11-25(33)26(21)23)27(34)29(24)37-31(38-30)41-19-32-12-6-14-40(32)15-7-13-32/h3-5,8-11,16,20,22,36H,1,6-7,12-15,17-19H2,2H3/t20-,22+/m0/s1. The normalized spacial score (nSPS) is 22.4. The molecule has 5 heterocycles. The van der Waals surface area contributed by atoms with Gasteiger partial charge in [0, 0.05) is 47.3 Å². The van der Waals surface area contributed by atoms with E-state index in [1.165, 1.54) is 12.8 Å². The van der Waals surface area contributed by atoms with Gasteiger partial charge < -0.3 is 15.0 Å². The number of aromatic nitrogens is 3. The van der Waals surface area contributed by atoms with Crippen LogP contribution >= 0.6 is 11.6 Å². The average Bonchev–Trinajstić information content (AvgIpc) is 3.56. The molecule has 0 amide bonds. The van der Waals surface area contributed by atoms with Crippen LogP contribution in [-0.2, 0) is 0 Å². The van der Waals surface area contributed by atoms with E-state index in [0.29, 0.717) is 41.5 Å². The third-order valence-electron chi connectivity index (χ3n) is 9.03. The van der Waals surface area contributed by atoms with Gasteiger partial charge >= 0.3 is 6.01 Å². The van der Waals surface area contributed by atoms with Gasteiger partial charge in [-0.25, -0.2) is 4.39 Å². The summed E-state index contributed by atoms with van der Waals surface area (Å²) in [5, 5.41) is 6.33. The molecule has 0 spiro atoms. The molecular weight excluding hydrogens is 539 g/mol. The fourth-order valence-corrected chi connectivity index (χ4v) is 7.38. The van der Waals surface area contributed by atoms with Gasteiger partial charge in [0.1, 0.15) is 23.6 Å². The van der Waals surface area contributed by atoms with Crippen molar-refractivity contribution < 1.29 is 9.13 Å². The van der Waals surface area contributed by atoms with Gasteiger partial charge in [0.15, 0.2) is 5.82 Å². The Morgan fingerprint density at radius 1 is 1.15 bits per heavy atom. The van der Waals surface area contributed by atoms with Crippen molar-refractivity contribution in [2.24, 2.45) is 0 Å². The number of pyridine rings is 1. The van der Waals surface area contributed by atoms with Crippen LogP contribution in [-0.4, -0.2) is 70.3 Å². The van der Waals surface area contributed by atoms with Crippen LogP contribution < -0.4 is 15.0 Å². The van der Waals surface area contributed by atoms with E-state index < -0.39 is 5.82 Å². The largest absolute Gasteiger partial charge is 0.461 e. The van der Waals surface area contributed by atoms with E-state index >= 15 is 4.39 Å². The molecule has 1 N–H and O–H groups in total. The summed E-state index contributed by atoms with van der Waals surface area (Å²) in [6.45, 7) is 10.2. The summed E-state index contributed by atoms with van der Waals surface area (Å²) < 4.78 is 23.0. The number of halogens is 2. The number of hydrogen-bond donors (Lipinski definition) is 1. The molecule has 9 heteroatoms. The van der Waals surface area contributed by atoms with Gasteiger partial charge in [-0.15, -0.1) is 6.58 Å². The summed E-state index contributed by atoms with van der Waals surface area (Å²) in [5.41, 5.74) is 1.06. The van der Waals surface area contributed by atoms with Crippen molar-refractivity contribution in [2.75, 3.05) is 37.7 Å². The zero-order valence-electron chi connectivity index (χ0n) is 23.2. The van der Waals surface area contributed by atoms with Gasteiger partial charge in [0.25, 0.3) is 0 Å². The third-order valence-corrected chi connectivity index (χ3v) is 9.34. The molecule has 0 unspecified atom stereocenters. The van der Waals surface area contributed by atoms with Crippen LogP contribution in [0.25, 0.3) is 32.9 Å². The van der Waals surface area contributed by atoms with E-state index in [-0.39, 0.29) is 34.8 Å². The SMILES string of the molecule is C=C[C@@H]1CN(c2nc(OCC34CCCN3CCC4)nc3c(F)c(-c4cccc5cccc(Cl)c45)ncc23)C[C@H](C)N1. The fraction of sp³-hybridized carbons (Fsp3) is 0.406. The van der Waals surface area contributed by atoms with Crippen molar-refractivity contribution in [3.8, 4) is 17.3 Å². The number of hydrogen-bond acceptors (Lipinski definition) is 7. The number of ether oxygens (including phenoxy) is 1. The Labute approximate surface area is 244 Å². The Morgan fingerprint density at radius 3 is 2.71 bits per heavy atom. The van der Waals surface area contributed by atoms with Gasteiger partial charge in [-0.3, -0.25) is 9.88 Å². The molecule has 3 aliphatic heterocycles. The Balaban J connectivity index is 1.36. The third kappa shape index (κ3) is 4.62. The van der Waals surface area contributed by atoms with E-state index in [9.17, 15) is 0 Å². The van der Waals surface area contributed by atoms with Gasteiger partial charge in [0.2, 0.25) is 0 Å². The Bertz CT molecular complexity index is 1630. The molecule has 2 atom stereocenters. The lowest BCUT2D eigenvalue weighted by Crippen LogP contribution is -2.55. The quantitative estimate of drug-likeness (QED) is 0.284. The summed E-state index contributed by atoms with van der Waals surface area (Å²) in [6, 6.07) is 11.9. The molecule has 2 aromatic carbocycles. The molecule has 7 rings (SSSR count). The van der Waals surface area contributed by atoms with Gasteiger partial charge in [-0.1, -0.05) is 48.0 Å². The number of benzene rings is 2. The number of piperazine rings is 1. The molecule has 0 bridgehead atoms. The summed E-state index contributed by atoms with van der Waals surface area (Å²) in [7, 11) is 0. The van der Waals surface area contributed by atoms with Crippen molar-refractivity contribution in [1.82, 2.24) is 25.2 Å². The molecule has 3 saturated heterocycles. The van der Waals surface area contributed by atoms with Crippen LogP contribution in [0.5, 0.6) is 6.01 Å². The number of anilines is 1. The first kappa shape index (κ1) is 26.6. The molecule has 0 saturated carbocycles. The summed E-state index contributed by atoms with van der Waals surface area (Å²) >= 11 is 6.60. The topological polar surface area (TPSA) is 66.4 Å². The zero-order chi connectivity index (χ0) is 28.1. The molecule has 0 radical (unpaired) electrons. The number of nitrogens with zero attached hydrogens (tertiary/aromatic N) is 5. The molecule has 7 nitrogen and oxygen atoms in total. The first-order chi connectivity index (χ1) is 20.0. The molecule has 4 aromatic rings. The second-order valence-electron chi connectivity index (χ2n) is 11.7. The highest BCUT2D eigenvalue weighted by Crippen LogP contribution is 2.40. The Kier molecular flexibility index (Phi) is 6.80. The molecule has 212 valence electrons. The summed E-state index contributed by atoms with van der Waals surface area (Å²) in [5.74, 6) is 0.125. The van der Waals surface area contributed by atoms with E-state index in [4.69, 9.17) is 21.3 Å². The maximum atomic E-state index is 16.6. The van der Waals surface area contributed by atoms with Crippen LogP contribution in [0.1, 0.15) is 32.6 Å². The average molecular weight is 573 g/mol. The van der Waals surface area contributed by atoms with E-state index in [1.807, 2.05) is 42.5 Å². The Morgan fingerprint density at radius 2 is 1.93 bits per heavy atom. The molecule has 0 aliphatic carbocycles. The van der Waals surface area contributed by atoms with Crippen molar-refractivity contribution >= 4 is 39.1 Å². The molecular formula is C32H34ClFN6O. The minimum Gasteiger partial charge on any atom is -0.461 e. The van der Waals surface area contributed by atoms with Crippen molar-refractivity contribution in [2.45, 2.75) is 50.2 Å². The monoisotopic (exact) mass is 572 g/mol. The van der Waals surface area contributed by atoms with Gasteiger partial charge in [-0.05, 0) is 57.1 Å². The summed E-state index contributed by atoms with van der Waals surface area (Å²) in [4.78, 5) is 18.9. The lowest BCUT2D eigenvalue weighted by molar-refractivity contribution is 0.108. The predicted molar refractivity (Wildman–Crippen MR) is 162 cm³/mol. The maximum absolute atomic E-state index is 16.6. The number of fused-ring (bicyclic) bond motifs is 3. The molecule has 2 aromatic heterocycles. The zero-order valence-corrected chi connectivity index (χ0v) is 24.0. The van der Waals surface area contributed by atoms with Crippen LogP contribution in [0.4, 0.5) is 10.2 Å². The van der Waals surface area contributed by atoms with Crippen molar-refractivity contribution in [1.29, 1.82) is 0 Å². The van der Waals surface area contributed by atoms with E-state index in [1.54, 1.807) is 6.20 Å². The first-order valence-electron chi connectivity index (χ1n) is 14.5. The minimum atomic E-state index is -0.506. The fourth-order valence-electron chi connectivity index (χ4n) is 7.10. The second-order valence-corrected chi connectivity index (χ2v) is 12.1. The lowest BCUT2D eigenvalue weighted by atomic mass is 9.95. The molecule has 3 aliphatic rings. The van der Waals surface area contributed by atoms with Crippen LogP contribution in [0.2, 0.25) is 5.02 Å². The number of rotatable bonds is 6.